The summed E-state index contributed by atoms with van der Waals surface area (Å²) in [4.78, 5) is 16.4. The van der Waals surface area contributed by atoms with E-state index in [1.807, 2.05) is 0 Å². The van der Waals surface area contributed by atoms with Gasteiger partial charge in [0.25, 0.3) is 0 Å². The van der Waals surface area contributed by atoms with Gasteiger partial charge in [-0.25, -0.2) is 4.39 Å². The quantitative estimate of drug-likeness (QED) is 0.476. The Balaban J connectivity index is 1.40. The van der Waals surface area contributed by atoms with Crippen molar-refractivity contribution in [3.8, 4) is 0 Å². The zero-order valence-corrected chi connectivity index (χ0v) is 16.4. The lowest BCUT2D eigenvalue weighted by atomic mass is 9.69. The van der Waals surface area contributed by atoms with Crippen LogP contribution in [0.15, 0.2) is 4.99 Å². The van der Waals surface area contributed by atoms with Crippen LogP contribution >= 0.6 is 0 Å². The monoisotopic (exact) mass is 365 g/mol. The van der Waals surface area contributed by atoms with Gasteiger partial charge in [-0.1, -0.05) is 26.2 Å². The fraction of sp³-hybridized carbons (Fsp3) is 0.909. The first kappa shape index (κ1) is 19.8. The van der Waals surface area contributed by atoms with E-state index < -0.39 is 12.3 Å². The highest BCUT2D eigenvalue weighted by molar-refractivity contribution is 5.72. The Hall–Kier alpha value is -0.930. The predicted octanol–water partition coefficient (Wildman–Crippen LogP) is 5.51. The van der Waals surface area contributed by atoms with Crippen molar-refractivity contribution in [1.29, 1.82) is 0 Å². The first-order valence-electron chi connectivity index (χ1n) is 10.9. The van der Waals surface area contributed by atoms with Crippen molar-refractivity contribution in [2.75, 3.05) is 0 Å². The van der Waals surface area contributed by atoms with Gasteiger partial charge in [-0.15, -0.1) is 0 Å². The van der Waals surface area contributed by atoms with E-state index in [-0.39, 0.29) is 17.9 Å². The summed E-state index contributed by atoms with van der Waals surface area (Å²) < 4.78 is 19.8. The van der Waals surface area contributed by atoms with Crippen LogP contribution in [0.1, 0.15) is 84.0 Å². The van der Waals surface area contributed by atoms with Crippen LogP contribution in [0, 0.1) is 23.7 Å². The number of nitrogens with zero attached hydrogens (tertiary/aromatic N) is 1. The molecule has 26 heavy (non-hydrogen) atoms. The molecule has 148 valence electrons. The minimum atomic E-state index is -1.09. The lowest BCUT2D eigenvalue weighted by molar-refractivity contribution is -0.161. The van der Waals surface area contributed by atoms with E-state index in [2.05, 4.69) is 18.6 Å². The zero-order valence-electron chi connectivity index (χ0n) is 16.4. The van der Waals surface area contributed by atoms with Crippen LogP contribution in [-0.4, -0.2) is 31.0 Å². The summed E-state index contributed by atoms with van der Waals surface area (Å²) in [7, 11) is 0. The number of carbonyl (C=O) groups is 1. The summed E-state index contributed by atoms with van der Waals surface area (Å²) in [5.74, 6) is 2.43. The smallest absolute Gasteiger partial charge is 0.309 e. The number of hydrogen-bond acceptors (Lipinski definition) is 3. The second-order valence-corrected chi connectivity index (χ2v) is 8.94. The van der Waals surface area contributed by atoms with Gasteiger partial charge >= 0.3 is 5.97 Å². The molecule has 0 spiro atoms. The highest BCUT2D eigenvalue weighted by Gasteiger charge is 2.37. The van der Waals surface area contributed by atoms with Crippen molar-refractivity contribution in [3.63, 3.8) is 0 Å². The molecule has 3 saturated carbocycles. The minimum absolute atomic E-state index is 0.0133. The number of halogens is 1. The number of carbonyl (C=O) groups excluding carboxylic acids is 1. The Morgan fingerprint density at radius 1 is 1.00 bits per heavy atom. The van der Waals surface area contributed by atoms with Crippen molar-refractivity contribution < 1.29 is 13.9 Å². The van der Waals surface area contributed by atoms with Gasteiger partial charge in [-0.05, 0) is 75.8 Å². The third-order valence-corrected chi connectivity index (χ3v) is 7.45. The predicted molar refractivity (Wildman–Crippen MR) is 103 cm³/mol. The summed E-state index contributed by atoms with van der Waals surface area (Å²) >= 11 is 0. The van der Waals surface area contributed by atoms with Crippen LogP contribution in [0.3, 0.4) is 0 Å². The normalized spacial score (nSPS) is 41.4. The summed E-state index contributed by atoms with van der Waals surface area (Å²) in [5.41, 5.74) is 0. The van der Waals surface area contributed by atoms with Crippen LogP contribution < -0.4 is 0 Å². The number of hydrogen-bond donors (Lipinski definition) is 0. The van der Waals surface area contributed by atoms with Gasteiger partial charge in [0.15, 0.2) is 0 Å². The molecule has 0 bridgehead atoms. The molecule has 0 amide bonds. The second kappa shape index (κ2) is 9.32. The maximum Gasteiger partial charge on any atom is 0.309 e. The Labute approximate surface area is 158 Å². The van der Waals surface area contributed by atoms with Crippen LogP contribution in [0.2, 0.25) is 0 Å². The van der Waals surface area contributed by atoms with E-state index in [9.17, 15) is 9.18 Å². The molecular weight excluding hydrogens is 329 g/mol. The van der Waals surface area contributed by atoms with Gasteiger partial charge in [-0.3, -0.25) is 9.79 Å². The van der Waals surface area contributed by atoms with E-state index >= 15 is 0 Å². The fourth-order valence-electron chi connectivity index (χ4n) is 5.51. The molecule has 0 aromatic rings. The molecule has 0 saturated heterocycles. The highest BCUT2D eigenvalue weighted by atomic mass is 19.1. The molecule has 3 atom stereocenters. The topological polar surface area (TPSA) is 38.7 Å². The van der Waals surface area contributed by atoms with E-state index in [0.717, 1.165) is 49.9 Å². The second-order valence-electron chi connectivity index (χ2n) is 8.94. The molecule has 0 aliphatic heterocycles. The van der Waals surface area contributed by atoms with Crippen molar-refractivity contribution in [1.82, 2.24) is 0 Å². The Bertz CT molecular complexity index is 467. The van der Waals surface area contributed by atoms with E-state index in [1.165, 1.54) is 32.1 Å². The number of ether oxygens (including phenoxy) is 1. The summed E-state index contributed by atoms with van der Waals surface area (Å²) in [6, 6.07) is -0.0156. The van der Waals surface area contributed by atoms with Crippen molar-refractivity contribution >= 4 is 12.7 Å². The van der Waals surface area contributed by atoms with Crippen LogP contribution in [0.25, 0.3) is 0 Å². The molecule has 0 N–H and O–H groups in total. The minimum Gasteiger partial charge on any atom is -0.459 e. The maximum absolute atomic E-state index is 14.2. The average Bonchev–Trinajstić information content (AvgIpc) is 2.69. The highest BCUT2D eigenvalue weighted by Crippen LogP contribution is 2.42. The standard InChI is InChI=1S/C22H36FNO2/c1-3-15-4-6-16(7-5-15)17-8-10-18(11-9-17)22(25)26-21-13-12-19(24-2)14-20(21)23/h15-21H,2-14H2,1H3. The number of rotatable bonds is 5. The van der Waals surface area contributed by atoms with Gasteiger partial charge in [-0.2, -0.15) is 0 Å². The van der Waals surface area contributed by atoms with Crippen molar-refractivity contribution in [3.05, 3.63) is 0 Å². The average molecular weight is 366 g/mol. The third-order valence-electron chi connectivity index (χ3n) is 7.45. The molecule has 0 radical (unpaired) electrons. The van der Waals surface area contributed by atoms with E-state index in [1.54, 1.807) is 0 Å². The van der Waals surface area contributed by atoms with E-state index in [0.29, 0.717) is 12.8 Å². The molecule has 3 aliphatic rings. The van der Waals surface area contributed by atoms with Gasteiger partial charge in [0.1, 0.15) is 12.3 Å². The van der Waals surface area contributed by atoms with Gasteiger partial charge in [0, 0.05) is 6.42 Å². The summed E-state index contributed by atoms with van der Waals surface area (Å²) in [5, 5.41) is 0. The molecular formula is C22H36FNO2. The fourth-order valence-corrected chi connectivity index (χ4v) is 5.51. The molecule has 0 aromatic carbocycles. The number of aliphatic imine (C=N–C) groups is 1. The number of esters is 1. The maximum atomic E-state index is 14.2. The van der Waals surface area contributed by atoms with Crippen LogP contribution in [-0.2, 0) is 9.53 Å². The Morgan fingerprint density at radius 3 is 2.15 bits per heavy atom. The molecule has 0 heterocycles. The molecule has 3 unspecified atom stereocenters. The SMILES string of the molecule is C=NC1CCC(OC(=O)C2CCC(C3CCC(CC)CC3)CC2)C(F)C1. The largest absolute Gasteiger partial charge is 0.459 e. The lowest BCUT2D eigenvalue weighted by Gasteiger charge is -2.37. The van der Waals surface area contributed by atoms with Crippen LogP contribution in [0.5, 0.6) is 0 Å². The van der Waals surface area contributed by atoms with Gasteiger partial charge in [0.2, 0.25) is 0 Å². The Kier molecular flexibility index (Phi) is 7.11. The third kappa shape index (κ3) is 4.86. The molecule has 4 heteroatoms. The summed E-state index contributed by atoms with van der Waals surface area (Å²) in [6.07, 6.45) is 11.0. The molecule has 3 nitrogen and oxygen atoms in total. The summed E-state index contributed by atoms with van der Waals surface area (Å²) in [6.45, 7) is 5.82. The van der Waals surface area contributed by atoms with Crippen molar-refractivity contribution in [2.24, 2.45) is 28.7 Å². The zero-order chi connectivity index (χ0) is 18.5. The molecule has 3 rings (SSSR count). The first-order chi connectivity index (χ1) is 12.6. The van der Waals surface area contributed by atoms with Gasteiger partial charge in [0.05, 0.1) is 12.0 Å². The molecule has 0 aromatic heterocycles. The first-order valence-corrected chi connectivity index (χ1v) is 10.9. The lowest BCUT2D eigenvalue weighted by Crippen LogP contribution is -2.38. The Morgan fingerprint density at radius 2 is 1.62 bits per heavy atom. The molecule has 3 fully saturated rings. The van der Waals surface area contributed by atoms with Crippen molar-refractivity contribution in [2.45, 2.75) is 102 Å². The molecule has 3 aliphatic carbocycles. The number of alkyl halides is 1. The van der Waals surface area contributed by atoms with E-state index in [4.69, 9.17) is 4.74 Å². The van der Waals surface area contributed by atoms with Gasteiger partial charge < -0.3 is 4.74 Å². The van der Waals surface area contributed by atoms with Crippen LogP contribution in [0.4, 0.5) is 4.39 Å².